The van der Waals surface area contributed by atoms with Crippen molar-refractivity contribution in [3.63, 3.8) is 0 Å². The van der Waals surface area contributed by atoms with Crippen LogP contribution in [0.25, 0.3) is 11.4 Å². The molecule has 0 saturated heterocycles. The van der Waals surface area contributed by atoms with Gasteiger partial charge < -0.3 is 5.11 Å². The van der Waals surface area contributed by atoms with E-state index >= 15 is 0 Å². The summed E-state index contributed by atoms with van der Waals surface area (Å²) in [7, 11) is 0. The number of rotatable bonds is 2. The molecule has 2 aromatic heterocycles. The number of allylic oxidation sites excluding steroid dienone is 1. The van der Waals surface area contributed by atoms with Crippen LogP contribution in [0.15, 0.2) is 17.2 Å². The van der Waals surface area contributed by atoms with Crippen molar-refractivity contribution in [3.05, 3.63) is 34.0 Å². The van der Waals surface area contributed by atoms with Crippen molar-refractivity contribution in [3.8, 4) is 0 Å². The van der Waals surface area contributed by atoms with Crippen LogP contribution in [0.2, 0.25) is 0 Å². The van der Waals surface area contributed by atoms with Crippen LogP contribution in [0.4, 0.5) is 0 Å². The van der Waals surface area contributed by atoms with E-state index in [1.807, 2.05) is 19.9 Å². The molecule has 6 heteroatoms. The molecular formula is C14H18N4O2. The first-order valence-corrected chi connectivity index (χ1v) is 6.91. The predicted octanol–water partition coefficient (Wildman–Crippen LogP) is 1.47. The molecule has 20 heavy (non-hydrogen) atoms. The van der Waals surface area contributed by atoms with Gasteiger partial charge in [0.15, 0.2) is 0 Å². The molecule has 1 aliphatic rings. The second-order valence-corrected chi connectivity index (χ2v) is 5.51. The SMILES string of the molecule is CC(C)c1c(C2=CCC(O)CC2)nc2nc[nH]n2c1=O. The molecule has 1 unspecified atom stereocenters. The van der Waals surface area contributed by atoms with Crippen molar-refractivity contribution < 1.29 is 5.11 Å². The summed E-state index contributed by atoms with van der Waals surface area (Å²) in [5.74, 6) is 0.472. The number of nitrogens with zero attached hydrogens (tertiary/aromatic N) is 3. The minimum Gasteiger partial charge on any atom is -0.393 e. The monoisotopic (exact) mass is 274 g/mol. The van der Waals surface area contributed by atoms with E-state index in [4.69, 9.17) is 0 Å². The highest BCUT2D eigenvalue weighted by molar-refractivity contribution is 5.67. The summed E-state index contributed by atoms with van der Waals surface area (Å²) >= 11 is 0. The lowest BCUT2D eigenvalue weighted by atomic mass is 9.90. The van der Waals surface area contributed by atoms with Crippen LogP contribution in [0, 0.1) is 0 Å². The Kier molecular flexibility index (Phi) is 3.17. The van der Waals surface area contributed by atoms with E-state index in [0.717, 1.165) is 17.7 Å². The van der Waals surface area contributed by atoms with Gasteiger partial charge >= 0.3 is 0 Å². The third kappa shape index (κ3) is 2.06. The first kappa shape index (κ1) is 13.1. The van der Waals surface area contributed by atoms with E-state index in [9.17, 15) is 9.90 Å². The number of hydrogen-bond donors (Lipinski definition) is 2. The number of aliphatic hydroxyl groups excluding tert-OH is 1. The average Bonchev–Trinajstić information content (AvgIpc) is 2.87. The Hall–Kier alpha value is -1.95. The van der Waals surface area contributed by atoms with Gasteiger partial charge in [-0.3, -0.25) is 9.89 Å². The van der Waals surface area contributed by atoms with Gasteiger partial charge in [-0.25, -0.2) is 9.97 Å². The van der Waals surface area contributed by atoms with Crippen molar-refractivity contribution in [2.45, 2.75) is 45.1 Å². The van der Waals surface area contributed by atoms with Crippen LogP contribution in [-0.4, -0.2) is 30.8 Å². The third-order valence-electron chi connectivity index (χ3n) is 3.73. The zero-order valence-electron chi connectivity index (χ0n) is 11.6. The van der Waals surface area contributed by atoms with Crippen molar-refractivity contribution in [2.24, 2.45) is 0 Å². The van der Waals surface area contributed by atoms with E-state index in [1.165, 1.54) is 10.8 Å². The molecule has 0 fully saturated rings. The molecule has 0 radical (unpaired) electrons. The first-order valence-electron chi connectivity index (χ1n) is 6.91. The Morgan fingerprint density at radius 2 is 2.30 bits per heavy atom. The van der Waals surface area contributed by atoms with Gasteiger partial charge in [-0.1, -0.05) is 19.9 Å². The second kappa shape index (κ2) is 4.86. The number of aromatic amines is 1. The molecule has 3 rings (SSSR count). The molecule has 2 N–H and O–H groups in total. The highest BCUT2D eigenvalue weighted by Crippen LogP contribution is 2.29. The van der Waals surface area contributed by atoms with Gasteiger partial charge in [0, 0.05) is 5.56 Å². The Morgan fingerprint density at radius 1 is 1.50 bits per heavy atom. The fraction of sp³-hybridized carbons (Fsp3) is 0.500. The maximum atomic E-state index is 12.5. The molecule has 0 aromatic carbocycles. The summed E-state index contributed by atoms with van der Waals surface area (Å²) in [6.45, 7) is 3.98. The van der Waals surface area contributed by atoms with Gasteiger partial charge in [0.05, 0.1) is 11.8 Å². The standard InChI is InChI=1S/C14H18N4O2/c1-8(2)11-12(9-3-5-10(19)6-4-9)17-14-15-7-16-18(14)13(11)20/h3,7-8,10,19H,4-6H2,1-2H3,(H,15,16,17). The molecule has 6 nitrogen and oxygen atoms in total. The molecular weight excluding hydrogens is 256 g/mol. The largest absolute Gasteiger partial charge is 0.393 e. The predicted molar refractivity (Wildman–Crippen MR) is 75.5 cm³/mol. The highest BCUT2D eigenvalue weighted by Gasteiger charge is 2.22. The van der Waals surface area contributed by atoms with Crippen LogP contribution in [0.5, 0.6) is 0 Å². The van der Waals surface area contributed by atoms with E-state index < -0.39 is 0 Å². The minimum atomic E-state index is -0.281. The smallest absolute Gasteiger partial charge is 0.278 e. The molecule has 1 aliphatic carbocycles. The van der Waals surface area contributed by atoms with Gasteiger partial charge in [0.25, 0.3) is 11.3 Å². The van der Waals surface area contributed by atoms with Crippen LogP contribution in [0.1, 0.15) is 50.3 Å². The zero-order chi connectivity index (χ0) is 14.3. The van der Waals surface area contributed by atoms with Gasteiger partial charge in [-0.05, 0) is 30.8 Å². The summed E-state index contributed by atoms with van der Waals surface area (Å²) in [6.07, 6.45) is 5.26. The number of aromatic nitrogens is 4. The topological polar surface area (TPSA) is 83.3 Å². The van der Waals surface area contributed by atoms with Crippen molar-refractivity contribution >= 4 is 11.4 Å². The molecule has 0 amide bonds. The highest BCUT2D eigenvalue weighted by atomic mass is 16.3. The van der Waals surface area contributed by atoms with E-state index in [1.54, 1.807) is 0 Å². The lowest BCUT2D eigenvalue weighted by Gasteiger charge is -2.19. The molecule has 1 atom stereocenters. The van der Waals surface area contributed by atoms with Crippen LogP contribution in [-0.2, 0) is 0 Å². The minimum absolute atomic E-state index is 0.0814. The number of nitrogens with one attached hydrogen (secondary N) is 1. The Bertz CT molecular complexity index is 726. The first-order chi connectivity index (χ1) is 9.58. The molecule has 0 saturated carbocycles. The second-order valence-electron chi connectivity index (χ2n) is 5.51. The van der Waals surface area contributed by atoms with Gasteiger partial charge in [-0.2, -0.15) is 4.52 Å². The summed E-state index contributed by atoms with van der Waals surface area (Å²) in [6, 6.07) is 0. The molecule has 2 heterocycles. The normalized spacial score (nSPS) is 19.6. The summed E-state index contributed by atoms with van der Waals surface area (Å²) in [5.41, 5.74) is 2.39. The number of H-pyrrole nitrogens is 1. The van der Waals surface area contributed by atoms with Crippen molar-refractivity contribution in [1.29, 1.82) is 0 Å². The van der Waals surface area contributed by atoms with E-state index in [-0.39, 0.29) is 17.6 Å². The Morgan fingerprint density at radius 3 is 2.95 bits per heavy atom. The van der Waals surface area contributed by atoms with Gasteiger partial charge in [-0.15, -0.1) is 0 Å². The van der Waals surface area contributed by atoms with Crippen LogP contribution >= 0.6 is 0 Å². The summed E-state index contributed by atoms with van der Waals surface area (Å²) in [4.78, 5) is 21.1. The number of aliphatic hydroxyl groups is 1. The lowest BCUT2D eigenvalue weighted by molar-refractivity contribution is 0.166. The quantitative estimate of drug-likeness (QED) is 0.868. The molecule has 0 bridgehead atoms. The summed E-state index contributed by atoms with van der Waals surface area (Å²) < 4.78 is 1.37. The fourth-order valence-corrected chi connectivity index (χ4v) is 2.67. The fourth-order valence-electron chi connectivity index (χ4n) is 2.67. The summed E-state index contributed by atoms with van der Waals surface area (Å²) in [5, 5.41) is 12.4. The average molecular weight is 274 g/mol. The third-order valence-corrected chi connectivity index (χ3v) is 3.73. The number of hydrogen-bond acceptors (Lipinski definition) is 4. The maximum Gasteiger partial charge on any atom is 0.278 e. The van der Waals surface area contributed by atoms with E-state index in [2.05, 4.69) is 15.1 Å². The van der Waals surface area contributed by atoms with Crippen LogP contribution < -0.4 is 5.56 Å². The Labute approximate surface area is 116 Å². The lowest BCUT2D eigenvalue weighted by Crippen LogP contribution is -2.24. The number of fused-ring (bicyclic) bond motifs is 1. The molecule has 106 valence electrons. The van der Waals surface area contributed by atoms with E-state index in [0.29, 0.717) is 24.2 Å². The maximum absolute atomic E-state index is 12.5. The van der Waals surface area contributed by atoms with Crippen LogP contribution in [0.3, 0.4) is 0 Å². The molecule has 2 aromatic rings. The van der Waals surface area contributed by atoms with Gasteiger partial charge in [0.1, 0.15) is 6.33 Å². The Balaban J connectivity index is 2.23. The zero-order valence-corrected chi connectivity index (χ0v) is 11.6. The molecule has 0 aliphatic heterocycles. The van der Waals surface area contributed by atoms with Crippen molar-refractivity contribution in [2.75, 3.05) is 0 Å². The van der Waals surface area contributed by atoms with Gasteiger partial charge in [0.2, 0.25) is 0 Å². The van der Waals surface area contributed by atoms with Crippen molar-refractivity contribution in [1.82, 2.24) is 19.6 Å². The molecule has 0 spiro atoms.